The minimum absolute atomic E-state index is 0.182. The summed E-state index contributed by atoms with van der Waals surface area (Å²) in [4.78, 5) is 8.57. The third-order valence-electron chi connectivity index (χ3n) is 3.15. The van der Waals surface area contributed by atoms with E-state index in [1.165, 1.54) is 6.07 Å². The smallest absolute Gasteiger partial charge is 0.384 e. The average Bonchev–Trinajstić information content (AvgIpc) is 2.80. The van der Waals surface area contributed by atoms with Crippen LogP contribution in [-0.2, 0) is 19.3 Å². The summed E-state index contributed by atoms with van der Waals surface area (Å²) < 4.78 is 38.1. The van der Waals surface area contributed by atoms with E-state index in [1.54, 1.807) is 4.90 Å². The van der Waals surface area contributed by atoms with Crippen molar-refractivity contribution in [2.45, 2.75) is 19.3 Å². The Morgan fingerprint density at radius 1 is 1.05 bits per heavy atom. The van der Waals surface area contributed by atoms with Crippen LogP contribution >= 0.6 is 0 Å². The molecule has 2 heterocycles. The number of nitrogens with two attached hydrogens (primary N) is 1. The number of fused-ring (bicyclic) bond motifs is 1. The van der Waals surface area contributed by atoms with Crippen LogP contribution in [0.1, 0.15) is 17.0 Å². The van der Waals surface area contributed by atoms with E-state index >= 15 is 0 Å². The van der Waals surface area contributed by atoms with Gasteiger partial charge in [0.05, 0.1) is 0 Å². The van der Waals surface area contributed by atoms with Crippen LogP contribution < -0.4 is 10.6 Å². The fraction of sp³-hybridized carbons (Fsp3) is 0.231. The highest BCUT2D eigenvalue weighted by Crippen LogP contribution is 2.31. The Kier molecular flexibility index (Phi) is 2.77. The number of anilines is 2. The van der Waals surface area contributed by atoms with E-state index in [9.17, 15) is 13.2 Å². The standard InChI is InChI=1S/C13H11F3N4/c14-13(15,16)12-18-10(17)5-11(19-12)20-6-8-3-1-2-4-9(8)7-20/h1-5H,6-7H2,(H2,17,18,19). The number of halogens is 3. The molecule has 0 fully saturated rings. The van der Waals surface area contributed by atoms with Gasteiger partial charge in [0, 0.05) is 19.2 Å². The molecule has 1 aliphatic heterocycles. The van der Waals surface area contributed by atoms with E-state index in [0.29, 0.717) is 13.1 Å². The summed E-state index contributed by atoms with van der Waals surface area (Å²) >= 11 is 0. The Bertz CT molecular complexity index is 629. The van der Waals surface area contributed by atoms with Gasteiger partial charge in [-0.25, -0.2) is 9.97 Å². The molecule has 0 saturated carbocycles. The number of hydrogen-bond acceptors (Lipinski definition) is 4. The van der Waals surface area contributed by atoms with E-state index in [-0.39, 0.29) is 11.6 Å². The molecular weight excluding hydrogens is 269 g/mol. The van der Waals surface area contributed by atoms with E-state index < -0.39 is 12.0 Å². The van der Waals surface area contributed by atoms with Gasteiger partial charge < -0.3 is 10.6 Å². The van der Waals surface area contributed by atoms with Gasteiger partial charge in [0.15, 0.2) is 0 Å². The molecule has 0 aliphatic carbocycles. The second-order valence-electron chi connectivity index (χ2n) is 4.60. The van der Waals surface area contributed by atoms with Gasteiger partial charge in [-0.3, -0.25) is 0 Å². The number of rotatable bonds is 1. The SMILES string of the molecule is Nc1cc(N2Cc3ccccc3C2)nc(C(F)(F)F)n1. The van der Waals surface area contributed by atoms with Crippen molar-refractivity contribution in [3.05, 3.63) is 47.3 Å². The molecule has 1 aliphatic rings. The number of benzene rings is 1. The molecule has 104 valence electrons. The largest absolute Gasteiger partial charge is 0.451 e. The van der Waals surface area contributed by atoms with Crippen molar-refractivity contribution in [2.75, 3.05) is 10.6 Å². The fourth-order valence-corrected chi connectivity index (χ4v) is 2.24. The van der Waals surface area contributed by atoms with Crippen LogP contribution in [0.5, 0.6) is 0 Å². The number of nitrogen functional groups attached to an aromatic ring is 1. The molecule has 3 rings (SSSR count). The molecule has 20 heavy (non-hydrogen) atoms. The van der Waals surface area contributed by atoms with Crippen molar-refractivity contribution in [2.24, 2.45) is 0 Å². The summed E-state index contributed by atoms with van der Waals surface area (Å²) in [6.45, 7) is 1.04. The first-order valence-electron chi connectivity index (χ1n) is 5.97. The van der Waals surface area contributed by atoms with Crippen LogP contribution in [0.25, 0.3) is 0 Å². The maximum Gasteiger partial charge on any atom is 0.451 e. The van der Waals surface area contributed by atoms with Crippen molar-refractivity contribution in [1.82, 2.24) is 9.97 Å². The molecule has 7 heteroatoms. The van der Waals surface area contributed by atoms with E-state index in [1.807, 2.05) is 24.3 Å². The highest BCUT2D eigenvalue weighted by Gasteiger charge is 2.36. The zero-order chi connectivity index (χ0) is 14.3. The number of nitrogens with zero attached hydrogens (tertiary/aromatic N) is 3. The molecule has 0 bridgehead atoms. The molecule has 0 radical (unpaired) electrons. The van der Waals surface area contributed by atoms with Crippen LogP contribution in [0.4, 0.5) is 24.8 Å². The highest BCUT2D eigenvalue weighted by molar-refractivity contribution is 5.51. The van der Waals surface area contributed by atoms with Crippen LogP contribution in [0.2, 0.25) is 0 Å². The predicted octanol–water partition coefficient (Wildman–Crippen LogP) is 2.60. The summed E-state index contributed by atoms with van der Waals surface area (Å²) in [5.74, 6) is -1.19. The van der Waals surface area contributed by atoms with E-state index in [2.05, 4.69) is 9.97 Å². The lowest BCUT2D eigenvalue weighted by Gasteiger charge is -2.18. The average molecular weight is 280 g/mol. The molecule has 0 unspecified atom stereocenters. The molecular formula is C13H11F3N4. The summed E-state index contributed by atoms with van der Waals surface area (Å²) in [6.07, 6.45) is -4.60. The van der Waals surface area contributed by atoms with Crippen molar-refractivity contribution >= 4 is 11.6 Å². The van der Waals surface area contributed by atoms with E-state index in [0.717, 1.165) is 11.1 Å². The number of aromatic nitrogens is 2. The quantitative estimate of drug-likeness (QED) is 0.872. The van der Waals surface area contributed by atoms with Gasteiger partial charge in [0.2, 0.25) is 5.82 Å². The second kappa shape index (κ2) is 4.36. The topological polar surface area (TPSA) is 55.0 Å². The molecule has 0 atom stereocenters. The highest BCUT2D eigenvalue weighted by atomic mass is 19.4. The van der Waals surface area contributed by atoms with Crippen molar-refractivity contribution in [3.63, 3.8) is 0 Å². The van der Waals surface area contributed by atoms with Gasteiger partial charge in [-0.15, -0.1) is 0 Å². The third-order valence-corrected chi connectivity index (χ3v) is 3.15. The molecule has 0 spiro atoms. The van der Waals surface area contributed by atoms with Crippen molar-refractivity contribution in [3.8, 4) is 0 Å². The molecule has 2 N–H and O–H groups in total. The first-order valence-corrected chi connectivity index (χ1v) is 5.97. The Morgan fingerprint density at radius 3 is 2.20 bits per heavy atom. The maximum absolute atomic E-state index is 12.7. The van der Waals surface area contributed by atoms with Crippen LogP contribution in [0.3, 0.4) is 0 Å². The summed E-state index contributed by atoms with van der Waals surface area (Å²) in [5, 5.41) is 0. The lowest BCUT2D eigenvalue weighted by molar-refractivity contribution is -0.144. The Hall–Kier alpha value is -2.31. The first-order chi connectivity index (χ1) is 9.43. The van der Waals surface area contributed by atoms with Crippen molar-refractivity contribution < 1.29 is 13.2 Å². The molecule has 1 aromatic carbocycles. The lowest BCUT2D eigenvalue weighted by Crippen LogP contribution is -2.20. The minimum Gasteiger partial charge on any atom is -0.384 e. The molecule has 0 saturated heterocycles. The first kappa shape index (κ1) is 12.7. The van der Waals surface area contributed by atoms with Gasteiger partial charge >= 0.3 is 6.18 Å². The van der Waals surface area contributed by atoms with E-state index in [4.69, 9.17) is 5.73 Å². The third kappa shape index (κ3) is 2.26. The normalized spacial score (nSPS) is 14.4. The maximum atomic E-state index is 12.7. The molecule has 1 aromatic heterocycles. The Morgan fingerprint density at radius 2 is 1.65 bits per heavy atom. The van der Waals surface area contributed by atoms with Crippen LogP contribution in [-0.4, -0.2) is 9.97 Å². The Labute approximate surface area is 113 Å². The van der Waals surface area contributed by atoms with Gasteiger partial charge in [-0.05, 0) is 11.1 Å². The van der Waals surface area contributed by atoms with Crippen LogP contribution in [0, 0.1) is 0 Å². The van der Waals surface area contributed by atoms with Crippen molar-refractivity contribution in [1.29, 1.82) is 0 Å². The minimum atomic E-state index is -4.60. The Balaban J connectivity index is 1.95. The fourth-order valence-electron chi connectivity index (χ4n) is 2.24. The summed E-state index contributed by atoms with van der Waals surface area (Å²) in [5.41, 5.74) is 7.61. The van der Waals surface area contributed by atoms with Gasteiger partial charge in [-0.2, -0.15) is 13.2 Å². The second-order valence-corrected chi connectivity index (χ2v) is 4.60. The zero-order valence-corrected chi connectivity index (χ0v) is 10.4. The van der Waals surface area contributed by atoms with Gasteiger partial charge in [0.25, 0.3) is 0 Å². The summed E-state index contributed by atoms with van der Waals surface area (Å²) in [7, 11) is 0. The van der Waals surface area contributed by atoms with Crippen LogP contribution in [0.15, 0.2) is 30.3 Å². The predicted molar refractivity (Wildman–Crippen MR) is 67.8 cm³/mol. The van der Waals surface area contributed by atoms with Gasteiger partial charge in [0.1, 0.15) is 11.6 Å². The lowest BCUT2D eigenvalue weighted by atomic mass is 10.1. The molecule has 0 amide bonds. The van der Waals surface area contributed by atoms with Gasteiger partial charge in [-0.1, -0.05) is 24.3 Å². The monoisotopic (exact) mass is 280 g/mol. The molecule has 2 aromatic rings. The summed E-state index contributed by atoms with van der Waals surface area (Å²) in [6, 6.07) is 9.06. The zero-order valence-electron chi connectivity index (χ0n) is 10.4. The molecule has 4 nitrogen and oxygen atoms in total. The number of hydrogen-bond donors (Lipinski definition) is 1. The number of alkyl halides is 3.